The molecule has 42 heavy (non-hydrogen) atoms. The molecule has 8 rings (SSSR count). The minimum Gasteiger partial charge on any atom is -0.379 e. The van der Waals surface area contributed by atoms with Gasteiger partial charge in [0, 0.05) is 65.9 Å². The molecule has 2 unspecified atom stereocenters. The molecule has 3 amide bonds. The molecule has 2 aliphatic carbocycles. The van der Waals surface area contributed by atoms with Crippen molar-refractivity contribution >= 4 is 40.0 Å². The van der Waals surface area contributed by atoms with Crippen LogP contribution in [0.4, 0.5) is 16.3 Å². The van der Waals surface area contributed by atoms with Crippen LogP contribution in [0.1, 0.15) is 65.6 Å². The Labute approximate surface area is 241 Å². The predicted molar refractivity (Wildman–Crippen MR) is 156 cm³/mol. The van der Waals surface area contributed by atoms with Gasteiger partial charge in [-0.25, -0.2) is 24.7 Å². The van der Waals surface area contributed by atoms with E-state index in [0.717, 1.165) is 69.4 Å². The number of carbonyl (C=O) groups excluding carboxylic acids is 2. The van der Waals surface area contributed by atoms with Crippen molar-refractivity contribution in [1.29, 1.82) is 0 Å². The van der Waals surface area contributed by atoms with E-state index in [1.54, 1.807) is 0 Å². The Morgan fingerprint density at radius 1 is 0.952 bits per heavy atom. The zero-order valence-electron chi connectivity index (χ0n) is 23.4. The normalized spacial score (nSPS) is 20.2. The van der Waals surface area contributed by atoms with E-state index in [4.69, 9.17) is 15.0 Å². The lowest BCUT2D eigenvalue weighted by Gasteiger charge is -2.15. The molecule has 210 valence electrons. The van der Waals surface area contributed by atoms with E-state index in [-0.39, 0.29) is 18.5 Å². The maximum atomic E-state index is 12.8. The first kappa shape index (κ1) is 24.8. The van der Waals surface area contributed by atoms with Crippen LogP contribution < -0.4 is 10.2 Å². The van der Waals surface area contributed by atoms with Gasteiger partial charge < -0.3 is 9.72 Å². The summed E-state index contributed by atoms with van der Waals surface area (Å²) in [6, 6.07) is 12.0. The second-order valence-corrected chi connectivity index (χ2v) is 11.6. The van der Waals surface area contributed by atoms with Crippen molar-refractivity contribution in [2.45, 2.75) is 50.5 Å². The number of hydrogen-bond acceptors (Lipinski definition) is 8. The third-order valence-electron chi connectivity index (χ3n) is 8.43. The molecule has 3 fully saturated rings. The highest BCUT2D eigenvalue weighted by atomic mass is 16.2. The summed E-state index contributed by atoms with van der Waals surface area (Å²) in [4.78, 5) is 51.3. The van der Waals surface area contributed by atoms with Gasteiger partial charge in [-0.15, -0.1) is 0 Å². The van der Waals surface area contributed by atoms with Crippen LogP contribution in [0.2, 0.25) is 0 Å². The molecule has 1 N–H and O–H groups in total. The summed E-state index contributed by atoms with van der Waals surface area (Å²) in [6.07, 6.45) is 8.95. The largest absolute Gasteiger partial charge is 0.379 e. The number of urea groups is 1. The molecule has 1 aromatic carbocycles. The monoisotopic (exact) mass is 559 g/mol. The molecule has 11 nitrogen and oxygen atoms in total. The Balaban J connectivity index is 1.04. The fourth-order valence-corrected chi connectivity index (χ4v) is 5.75. The number of benzene rings is 1. The number of rotatable bonds is 7. The van der Waals surface area contributed by atoms with E-state index in [2.05, 4.69) is 39.6 Å². The van der Waals surface area contributed by atoms with Gasteiger partial charge in [0.25, 0.3) is 5.91 Å². The summed E-state index contributed by atoms with van der Waals surface area (Å²) in [7, 11) is 1.50. The van der Waals surface area contributed by atoms with Crippen LogP contribution in [0.15, 0.2) is 55.0 Å². The number of amides is 3. The van der Waals surface area contributed by atoms with E-state index in [9.17, 15) is 9.59 Å². The molecule has 4 aromatic heterocycles. The van der Waals surface area contributed by atoms with Gasteiger partial charge in [-0.05, 0) is 50.5 Å². The van der Waals surface area contributed by atoms with Gasteiger partial charge in [0.1, 0.15) is 12.4 Å². The SMILES string of the molecule is Cc1ccnc(C2CC2c2ccc3ccc(NCc4cn5cc(C6CC6)nc(N6CC(=O)N(C)C6=O)c5n4)cc3n2)n1. The maximum absolute atomic E-state index is 12.8. The Hall–Kier alpha value is -4.93. The fourth-order valence-electron chi connectivity index (χ4n) is 5.75. The third-order valence-corrected chi connectivity index (χ3v) is 8.43. The number of fused-ring (bicyclic) bond motifs is 2. The van der Waals surface area contributed by atoms with Crippen LogP contribution in [0.3, 0.4) is 0 Å². The molecule has 2 atom stereocenters. The van der Waals surface area contributed by atoms with E-state index in [1.165, 1.54) is 11.9 Å². The van der Waals surface area contributed by atoms with E-state index < -0.39 is 0 Å². The van der Waals surface area contributed by atoms with Gasteiger partial charge in [-0.1, -0.05) is 12.1 Å². The van der Waals surface area contributed by atoms with Crippen molar-refractivity contribution < 1.29 is 9.59 Å². The summed E-state index contributed by atoms with van der Waals surface area (Å²) in [6.45, 7) is 2.44. The summed E-state index contributed by atoms with van der Waals surface area (Å²) in [5.41, 5.74) is 6.23. The number of hydrogen-bond donors (Lipinski definition) is 1. The topological polar surface area (TPSA) is 122 Å². The smallest absolute Gasteiger partial charge is 0.332 e. The lowest BCUT2D eigenvalue weighted by Crippen LogP contribution is -2.31. The number of aromatic nitrogens is 6. The standard InChI is InChI=1S/C31H29N9O2/c1-17-9-10-32-28(34-17)23-12-22(23)24-8-6-18-5-7-20(11-25(18)36-24)33-13-21-14-39-15-26(19-3-4-19)37-30(29(39)35-21)40-16-27(41)38(2)31(40)42/h5-11,14-15,19,22-23,33H,3-4,12-13,16H2,1-2H3. The second-order valence-electron chi connectivity index (χ2n) is 11.6. The number of likely N-dealkylation sites (N-methyl/N-ethyl adjacent to an activating group) is 1. The highest BCUT2D eigenvalue weighted by Crippen LogP contribution is 2.53. The number of aryl methyl sites for hydroxylation is 1. The van der Waals surface area contributed by atoms with Crippen molar-refractivity contribution in [2.75, 3.05) is 23.8 Å². The first-order valence-electron chi connectivity index (χ1n) is 14.3. The number of carbonyl (C=O) groups is 2. The van der Waals surface area contributed by atoms with Crippen LogP contribution in [0, 0.1) is 6.92 Å². The first-order chi connectivity index (χ1) is 20.4. The molecule has 0 bridgehead atoms. The number of pyridine rings is 1. The molecule has 3 aliphatic rings. The third kappa shape index (κ3) is 4.32. The molecule has 5 heterocycles. The average Bonchev–Trinajstić information content (AvgIpc) is 3.92. The molecule has 0 spiro atoms. The molecule has 0 radical (unpaired) electrons. The summed E-state index contributed by atoms with van der Waals surface area (Å²) >= 11 is 0. The van der Waals surface area contributed by atoms with Gasteiger partial charge >= 0.3 is 6.03 Å². The van der Waals surface area contributed by atoms with E-state index in [0.29, 0.717) is 35.8 Å². The number of imidazole rings is 1. The number of imide groups is 1. The zero-order valence-corrected chi connectivity index (χ0v) is 23.4. The quantitative estimate of drug-likeness (QED) is 0.289. The predicted octanol–water partition coefficient (Wildman–Crippen LogP) is 4.53. The minimum absolute atomic E-state index is 0.0295. The molecule has 1 aliphatic heterocycles. The van der Waals surface area contributed by atoms with Crippen molar-refractivity contribution in [3.05, 3.63) is 83.6 Å². The molecule has 2 saturated carbocycles. The molecular weight excluding hydrogens is 530 g/mol. The Morgan fingerprint density at radius 3 is 2.60 bits per heavy atom. The lowest BCUT2D eigenvalue weighted by atomic mass is 10.1. The van der Waals surface area contributed by atoms with Crippen molar-refractivity contribution in [3.8, 4) is 0 Å². The highest BCUT2D eigenvalue weighted by Gasteiger charge is 2.43. The van der Waals surface area contributed by atoms with Crippen molar-refractivity contribution in [2.24, 2.45) is 0 Å². The van der Waals surface area contributed by atoms with E-state index >= 15 is 0 Å². The lowest BCUT2D eigenvalue weighted by molar-refractivity contribution is -0.123. The molecule has 11 heteroatoms. The first-order valence-corrected chi connectivity index (χ1v) is 14.3. The molecular formula is C31H29N9O2. The summed E-state index contributed by atoms with van der Waals surface area (Å²) in [5.74, 6) is 2.13. The summed E-state index contributed by atoms with van der Waals surface area (Å²) < 4.78 is 1.93. The van der Waals surface area contributed by atoms with Gasteiger partial charge in [0.2, 0.25) is 0 Å². The number of anilines is 2. The molecule has 5 aromatic rings. The van der Waals surface area contributed by atoms with Crippen LogP contribution in [-0.2, 0) is 11.3 Å². The van der Waals surface area contributed by atoms with Gasteiger partial charge in [-0.2, -0.15) is 0 Å². The van der Waals surface area contributed by atoms with Gasteiger partial charge in [0.05, 0.1) is 23.4 Å². The number of nitrogens with one attached hydrogen (secondary N) is 1. The van der Waals surface area contributed by atoms with Gasteiger partial charge in [-0.3, -0.25) is 19.6 Å². The van der Waals surface area contributed by atoms with Crippen molar-refractivity contribution in [3.63, 3.8) is 0 Å². The average molecular weight is 560 g/mol. The van der Waals surface area contributed by atoms with Crippen LogP contribution in [0.5, 0.6) is 0 Å². The fraction of sp³-hybridized carbons (Fsp3) is 0.323. The zero-order chi connectivity index (χ0) is 28.5. The Morgan fingerprint density at radius 2 is 1.81 bits per heavy atom. The Bertz CT molecular complexity index is 1910. The molecule has 1 saturated heterocycles. The van der Waals surface area contributed by atoms with Crippen LogP contribution in [0.25, 0.3) is 16.6 Å². The number of nitrogens with zero attached hydrogens (tertiary/aromatic N) is 8. The van der Waals surface area contributed by atoms with Gasteiger partial charge in [0.15, 0.2) is 11.5 Å². The maximum Gasteiger partial charge on any atom is 0.332 e. The van der Waals surface area contributed by atoms with Crippen LogP contribution >= 0.6 is 0 Å². The second kappa shape index (κ2) is 9.30. The summed E-state index contributed by atoms with van der Waals surface area (Å²) in [5, 5.41) is 4.56. The van der Waals surface area contributed by atoms with Crippen LogP contribution in [-0.4, -0.2) is 59.8 Å². The minimum atomic E-state index is -0.378. The Kier molecular flexibility index (Phi) is 5.50. The van der Waals surface area contributed by atoms with E-state index in [1.807, 2.05) is 42.0 Å². The van der Waals surface area contributed by atoms with Crippen molar-refractivity contribution in [1.82, 2.24) is 34.2 Å². The highest BCUT2D eigenvalue weighted by molar-refractivity contribution is 6.12.